The maximum absolute atomic E-state index is 12.8. The van der Waals surface area contributed by atoms with Crippen LogP contribution in [-0.4, -0.2) is 40.0 Å². The van der Waals surface area contributed by atoms with Gasteiger partial charge in [-0.05, 0) is 48.1 Å². The van der Waals surface area contributed by atoms with Gasteiger partial charge in [0.15, 0.2) is 0 Å². The van der Waals surface area contributed by atoms with Crippen molar-refractivity contribution in [3.8, 4) is 16.5 Å². The molecule has 132 valence electrons. The molecule has 0 aliphatic carbocycles. The Labute approximate surface area is 156 Å². The van der Waals surface area contributed by atoms with Gasteiger partial charge in [0.1, 0.15) is 6.10 Å². The predicted molar refractivity (Wildman–Crippen MR) is 101 cm³/mol. The van der Waals surface area contributed by atoms with Crippen LogP contribution in [0.15, 0.2) is 60.2 Å². The van der Waals surface area contributed by atoms with Crippen molar-refractivity contribution in [1.29, 1.82) is 0 Å². The molecule has 2 aromatic heterocycles. The van der Waals surface area contributed by atoms with Gasteiger partial charge in [0.2, 0.25) is 0 Å². The molecule has 1 fully saturated rings. The quantitative estimate of drug-likeness (QED) is 0.704. The van der Waals surface area contributed by atoms with Crippen molar-refractivity contribution in [3.63, 3.8) is 0 Å². The number of likely N-dealkylation sites (tertiary alicyclic amines) is 1. The predicted octanol–water partition coefficient (Wildman–Crippen LogP) is 3.89. The molecule has 3 heterocycles. The zero-order chi connectivity index (χ0) is 17.8. The number of aromatic nitrogens is 2. The molecule has 0 saturated carbocycles. The molecule has 3 aromatic rings. The van der Waals surface area contributed by atoms with E-state index in [0.29, 0.717) is 18.1 Å². The standard InChI is InChI=1S/C20H19N3O2S/c24-19(16-8-6-15(7-9-16)18-5-2-13-26-18)23-12-1-4-17(14-23)25-20-21-10-3-11-22-20/h2-3,5-11,13,17H,1,4,12,14H2. The van der Waals surface area contributed by atoms with Crippen LogP contribution >= 0.6 is 11.3 Å². The third-order valence-electron chi connectivity index (χ3n) is 4.42. The number of hydrogen-bond acceptors (Lipinski definition) is 5. The van der Waals surface area contributed by atoms with Crippen molar-refractivity contribution < 1.29 is 9.53 Å². The van der Waals surface area contributed by atoms with Gasteiger partial charge in [0.05, 0.1) is 6.54 Å². The van der Waals surface area contributed by atoms with Crippen LogP contribution in [0.25, 0.3) is 10.4 Å². The number of nitrogens with zero attached hydrogens (tertiary/aromatic N) is 3. The number of amides is 1. The number of carbonyl (C=O) groups is 1. The second-order valence-corrected chi connectivity index (χ2v) is 7.17. The zero-order valence-electron chi connectivity index (χ0n) is 14.2. The fourth-order valence-electron chi connectivity index (χ4n) is 3.12. The SMILES string of the molecule is O=C(c1ccc(-c2cccs2)cc1)N1CCCC(Oc2ncccn2)C1. The number of benzene rings is 1. The maximum atomic E-state index is 12.8. The summed E-state index contributed by atoms with van der Waals surface area (Å²) in [4.78, 5) is 24.1. The van der Waals surface area contributed by atoms with Crippen LogP contribution < -0.4 is 4.74 Å². The van der Waals surface area contributed by atoms with E-state index in [0.717, 1.165) is 24.9 Å². The van der Waals surface area contributed by atoms with Gasteiger partial charge < -0.3 is 9.64 Å². The minimum atomic E-state index is -0.0690. The van der Waals surface area contributed by atoms with E-state index in [1.54, 1.807) is 29.8 Å². The van der Waals surface area contributed by atoms with E-state index in [9.17, 15) is 4.79 Å². The molecule has 1 aliphatic rings. The minimum absolute atomic E-state index is 0.0463. The molecular weight excluding hydrogens is 346 g/mol. The largest absolute Gasteiger partial charge is 0.458 e. The molecule has 1 unspecified atom stereocenters. The summed E-state index contributed by atoms with van der Waals surface area (Å²) in [6.07, 6.45) is 5.06. The Kier molecular flexibility index (Phi) is 4.93. The smallest absolute Gasteiger partial charge is 0.316 e. The molecule has 0 N–H and O–H groups in total. The number of rotatable bonds is 4. The molecule has 26 heavy (non-hydrogen) atoms. The average molecular weight is 365 g/mol. The molecule has 1 saturated heterocycles. The Bertz CT molecular complexity index is 851. The van der Waals surface area contributed by atoms with Crippen LogP contribution in [0, 0.1) is 0 Å². The normalized spacial score (nSPS) is 17.1. The van der Waals surface area contributed by atoms with E-state index in [-0.39, 0.29) is 12.0 Å². The maximum Gasteiger partial charge on any atom is 0.316 e. The van der Waals surface area contributed by atoms with Gasteiger partial charge in [-0.3, -0.25) is 4.79 Å². The lowest BCUT2D eigenvalue weighted by Crippen LogP contribution is -2.44. The summed E-state index contributed by atoms with van der Waals surface area (Å²) in [6, 6.07) is 14.1. The van der Waals surface area contributed by atoms with Gasteiger partial charge in [0.25, 0.3) is 5.91 Å². The Morgan fingerprint density at radius 3 is 2.65 bits per heavy atom. The molecule has 5 nitrogen and oxygen atoms in total. The topological polar surface area (TPSA) is 55.3 Å². The summed E-state index contributed by atoms with van der Waals surface area (Å²) in [5.74, 6) is 0.0463. The molecule has 0 bridgehead atoms. The first kappa shape index (κ1) is 16.7. The van der Waals surface area contributed by atoms with Gasteiger partial charge >= 0.3 is 6.01 Å². The van der Waals surface area contributed by atoms with Crippen molar-refractivity contribution in [2.24, 2.45) is 0 Å². The number of ether oxygens (including phenoxy) is 1. The van der Waals surface area contributed by atoms with E-state index in [4.69, 9.17) is 4.74 Å². The first-order chi connectivity index (χ1) is 12.8. The van der Waals surface area contributed by atoms with Crippen LogP contribution in [0.5, 0.6) is 6.01 Å². The third kappa shape index (κ3) is 3.75. The van der Waals surface area contributed by atoms with Gasteiger partial charge in [-0.1, -0.05) is 18.2 Å². The van der Waals surface area contributed by atoms with Crippen LogP contribution in [0.4, 0.5) is 0 Å². The molecule has 1 aromatic carbocycles. The fraction of sp³-hybridized carbons (Fsp3) is 0.250. The highest BCUT2D eigenvalue weighted by Gasteiger charge is 2.26. The van der Waals surface area contributed by atoms with Gasteiger partial charge in [-0.25, -0.2) is 9.97 Å². The lowest BCUT2D eigenvalue weighted by atomic mass is 10.1. The third-order valence-corrected chi connectivity index (χ3v) is 5.34. The highest BCUT2D eigenvalue weighted by molar-refractivity contribution is 7.13. The van der Waals surface area contributed by atoms with Crippen LogP contribution in [-0.2, 0) is 0 Å². The van der Waals surface area contributed by atoms with Gasteiger partial charge in [-0.15, -0.1) is 11.3 Å². The van der Waals surface area contributed by atoms with Crippen LogP contribution in [0.1, 0.15) is 23.2 Å². The highest BCUT2D eigenvalue weighted by atomic mass is 32.1. The first-order valence-electron chi connectivity index (χ1n) is 8.66. The summed E-state index contributed by atoms with van der Waals surface area (Å²) in [6.45, 7) is 1.31. The van der Waals surface area contributed by atoms with Crippen molar-refractivity contribution in [3.05, 3.63) is 65.8 Å². The Hall–Kier alpha value is -2.73. The van der Waals surface area contributed by atoms with Gasteiger partial charge in [0, 0.05) is 29.4 Å². The number of piperidine rings is 1. The molecule has 1 aliphatic heterocycles. The van der Waals surface area contributed by atoms with Crippen LogP contribution in [0.2, 0.25) is 0 Å². The summed E-state index contributed by atoms with van der Waals surface area (Å²) < 4.78 is 5.82. The highest BCUT2D eigenvalue weighted by Crippen LogP contribution is 2.25. The van der Waals surface area contributed by atoms with Crippen molar-refractivity contribution in [2.45, 2.75) is 18.9 Å². The zero-order valence-corrected chi connectivity index (χ0v) is 15.1. The second kappa shape index (κ2) is 7.66. The summed E-state index contributed by atoms with van der Waals surface area (Å²) >= 11 is 1.70. The Morgan fingerprint density at radius 2 is 1.92 bits per heavy atom. The Balaban J connectivity index is 1.42. The monoisotopic (exact) mass is 365 g/mol. The molecule has 1 amide bonds. The van der Waals surface area contributed by atoms with E-state index in [2.05, 4.69) is 21.4 Å². The van der Waals surface area contributed by atoms with Crippen molar-refractivity contribution in [1.82, 2.24) is 14.9 Å². The van der Waals surface area contributed by atoms with E-state index < -0.39 is 0 Å². The Morgan fingerprint density at radius 1 is 1.12 bits per heavy atom. The number of hydrogen-bond donors (Lipinski definition) is 0. The average Bonchev–Trinajstić information content (AvgIpc) is 3.23. The lowest BCUT2D eigenvalue weighted by Gasteiger charge is -2.32. The fourth-order valence-corrected chi connectivity index (χ4v) is 3.85. The van der Waals surface area contributed by atoms with E-state index in [1.807, 2.05) is 35.2 Å². The van der Waals surface area contributed by atoms with Crippen LogP contribution in [0.3, 0.4) is 0 Å². The van der Waals surface area contributed by atoms with Crippen molar-refractivity contribution >= 4 is 17.2 Å². The summed E-state index contributed by atoms with van der Waals surface area (Å²) in [5.41, 5.74) is 1.85. The van der Waals surface area contributed by atoms with Crippen molar-refractivity contribution in [2.75, 3.05) is 13.1 Å². The first-order valence-corrected chi connectivity index (χ1v) is 9.54. The molecule has 4 rings (SSSR count). The molecular formula is C20H19N3O2S. The molecule has 0 spiro atoms. The number of carbonyl (C=O) groups excluding carboxylic acids is 1. The number of thiophene rings is 1. The second-order valence-electron chi connectivity index (χ2n) is 6.22. The minimum Gasteiger partial charge on any atom is -0.458 e. The summed E-state index contributed by atoms with van der Waals surface area (Å²) in [7, 11) is 0. The lowest BCUT2D eigenvalue weighted by molar-refractivity contribution is 0.0516. The van der Waals surface area contributed by atoms with E-state index in [1.165, 1.54) is 4.88 Å². The van der Waals surface area contributed by atoms with Gasteiger partial charge in [-0.2, -0.15) is 0 Å². The molecule has 6 heteroatoms. The molecule has 1 atom stereocenters. The van der Waals surface area contributed by atoms with E-state index >= 15 is 0 Å². The molecule has 0 radical (unpaired) electrons. The summed E-state index contributed by atoms with van der Waals surface area (Å²) in [5, 5.41) is 2.05.